The number of phenols is 1. The molecule has 1 aliphatic heterocycles. The number of aliphatic hydroxyl groups excluding tert-OH is 1. The van der Waals surface area contributed by atoms with E-state index in [0.717, 1.165) is 5.56 Å². The van der Waals surface area contributed by atoms with Gasteiger partial charge in [0.15, 0.2) is 0 Å². The number of aliphatic hydroxyl groups is 1. The Kier molecular flexibility index (Phi) is 8.27. The summed E-state index contributed by atoms with van der Waals surface area (Å²) in [6.07, 6.45) is 0. The molecule has 0 saturated carbocycles. The number of halogens is 1. The number of nitrogens with zero attached hydrogens (tertiary/aromatic N) is 1. The van der Waals surface area contributed by atoms with Crippen LogP contribution in [0.25, 0.3) is 5.76 Å². The third-order valence-electron chi connectivity index (χ3n) is 6.11. The molecular formula is C30H30ClNO6. The number of benzene rings is 3. The summed E-state index contributed by atoms with van der Waals surface area (Å²) in [5.74, 6) is -0.369. The van der Waals surface area contributed by atoms with Crippen LogP contribution in [-0.4, -0.2) is 40.0 Å². The standard InChI is InChI=1S/C30H30ClNO6/c1-4-37-23-13-14-25(31)24(15-23)28(34)26-27(20-7-9-21(33)10-8-20)32(30(36)29(26)35)16-19-5-11-22(12-6-19)38-17-18(2)3/h5-15,18,27,33-34H,4,16-17H2,1-3H3/b28-26+. The number of amides is 1. The third-order valence-corrected chi connectivity index (χ3v) is 6.44. The van der Waals surface area contributed by atoms with E-state index in [1.165, 1.54) is 17.0 Å². The van der Waals surface area contributed by atoms with E-state index < -0.39 is 23.5 Å². The van der Waals surface area contributed by atoms with E-state index in [2.05, 4.69) is 13.8 Å². The van der Waals surface area contributed by atoms with Crippen molar-refractivity contribution in [3.05, 3.63) is 94.0 Å². The lowest BCUT2D eigenvalue weighted by Crippen LogP contribution is -2.29. The van der Waals surface area contributed by atoms with Gasteiger partial charge in [-0.2, -0.15) is 0 Å². The number of aromatic hydroxyl groups is 1. The van der Waals surface area contributed by atoms with E-state index in [9.17, 15) is 19.8 Å². The Morgan fingerprint density at radius 3 is 2.26 bits per heavy atom. The maximum Gasteiger partial charge on any atom is 0.295 e. The molecule has 0 bridgehead atoms. The smallest absolute Gasteiger partial charge is 0.295 e. The quantitative estimate of drug-likeness (QED) is 0.195. The summed E-state index contributed by atoms with van der Waals surface area (Å²) in [5, 5.41) is 21.4. The van der Waals surface area contributed by atoms with Gasteiger partial charge < -0.3 is 24.6 Å². The fourth-order valence-corrected chi connectivity index (χ4v) is 4.49. The van der Waals surface area contributed by atoms with Gasteiger partial charge in [0, 0.05) is 12.1 Å². The van der Waals surface area contributed by atoms with Crippen LogP contribution in [0.1, 0.15) is 43.5 Å². The van der Waals surface area contributed by atoms with Gasteiger partial charge in [-0.1, -0.05) is 49.7 Å². The number of carbonyl (C=O) groups is 2. The van der Waals surface area contributed by atoms with Gasteiger partial charge in [0.05, 0.1) is 29.9 Å². The monoisotopic (exact) mass is 535 g/mol. The zero-order valence-corrected chi connectivity index (χ0v) is 22.2. The first-order valence-electron chi connectivity index (χ1n) is 12.4. The molecule has 0 spiro atoms. The van der Waals surface area contributed by atoms with Gasteiger partial charge in [0.2, 0.25) is 0 Å². The Bertz CT molecular complexity index is 1350. The van der Waals surface area contributed by atoms with E-state index in [0.29, 0.717) is 36.2 Å². The molecular weight excluding hydrogens is 506 g/mol. The summed E-state index contributed by atoms with van der Waals surface area (Å²) in [5.41, 5.74) is 1.43. The van der Waals surface area contributed by atoms with E-state index in [1.807, 2.05) is 31.2 Å². The summed E-state index contributed by atoms with van der Waals surface area (Å²) < 4.78 is 11.3. The number of carbonyl (C=O) groups excluding carboxylic acids is 2. The van der Waals surface area contributed by atoms with E-state index in [-0.39, 0.29) is 28.5 Å². The van der Waals surface area contributed by atoms with Crippen LogP contribution in [0.2, 0.25) is 5.02 Å². The summed E-state index contributed by atoms with van der Waals surface area (Å²) in [6, 6.07) is 17.4. The molecule has 0 aromatic heterocycles. The predicted octanol–water partition coefficient (Wildman–Crippen LogP) is 6.10. The molecule has 7 nitrogen and oxygen atoms in total. The number of hydrogen-bond donors (Lipinski definition) is 2. The number of ketones is 1. The van der Waals surface area contributed by atoms with E-state index in [4.69, 9.17) is 21.1 Å². The van der Waals surface area contributed by atoms with E-state index in [1.54, 1.807) is 30.3 Å². The van der Waals surface area contributed by atoms with Crippen LogP contribution in [0, 0.1) is 5.92 Å². The minimum absolute atomic E-state index is 0.0372. The average molecular weight is 536 g/mol. The maximum atomic E-state index is 13.3. The molecule has 1 fully saturated rings. The largest absolute Gasteiger partial charge is 0.508 e. The first-order valence-corrected chi connectivity index (χ1v) is 12.8. The molecule has 8 heteroatoms. The zero-order valence-electron chi connectivity index (χ0n) is 21.5. The van der Waals surface area contributed by atoms with Crippen LogP contribution in [0.15, 0.2) is 72.3 Å². The summed E-state index contributed by atoms with van der Waals surface area (Å²) in [4.78, 5) is 28.1. The van der Waals surface area contributed by atoms with Crippen molar-refractivity contribution in [3.63, 3.8) is 0 Å². The summed E-state index contributed by atoms with van der Waals surface area (Å²) in [6.45, 7) is 7.06. The SMILES string of the molecule is CCOc1ccc(Cl)c(/C(O)=C2\C(=O)C(=O)N(Cc3ccc(OCC(C)C)cc3)C2c2ccc(O)cc2)c1. The van der Waals surface area contributed by atoms with Crippen LogP contribution in [-0.2, 0) is 16.1 Å². The van der Waals surface area contributed by atoms with Gasteiger partial charge in [-0.25, -0.2) is 0 Å². The van der Waals surface area contributed by atoms with Gasteiger partial charge >= 0.3 is 0 Å². The van der Waals surface area contributed by atoms with Crippen molar-refractivity contribution in [1.82, 2.24) is 4.90 Å². The molecule has 1 saturated heterocycles. The van der Waals surface area contributed by atoms with Crippen molar-refractivity contribution in [2.45, 2.75) is 33.4 Å². The van der Waals surface area contributed by atoms with Gasteiger partial charge in [-0.15, -0.1) is 0 Å². The molecule has 1 atom stereocenters. The zero-order chi connectivity index (χ0) is 27.4. The summed E-state index contributed by atoms with van der Waals surface area (Å²) >= 11 is 6.39. The molecule has 1 unspecified atom stereocenters. The molecule has 3 aromatic carbocycles. The Balaban J connectivity index is 1.76. The molecule has 198 valence electrons. The molecule has 2 N–H and O–H groups in total. The first kappa shape index (κ1) is 27.1. The third kappa shape index (κ3) is 5.78. The Hall–Kier alpha value is -3.97. The second kappa shape index (κ2) is 11.6. The molecule has 0 radical (unpaired) electrons. The predicted molar refractivity (Wildman–Crippen MR) is 145 cm³/mol. The number of ether oxygens (including phenoxy) is 2. The number of rotatable bonds is 9. The first-order chi connectivity index (χ1) is 18.2. The number of phenolic OH excluding ortho intramolecular Hbond substituents is 1. The fraction of sp³-hybridized carbons (Fsp3) is 0.267. The summed E-state index contributed by atoms with van der Waals surface area (Å²) in [7, 11) is 0. The average Bonchev–Trinajstić information content (AvgIpc) is 3.14. The van der Waals surface area contributed by atoms with Crippen molar-refractivity contribution in [2.24, 2.45) is 5.92 Å². The van der Waals surface area contributed by atoms with Gasteiger partial charge in [0.1, 0.15) is 23.0 Å². The van der Waals surface area contributed by atoms with Crippen LogP contribution in [0.5, 0.6) is 17.2 Å². The highest BCUT2D eigenvalue weighted by atomic mass is 35.5. The van der Waals surface area contributed by atoms with Crippen LogP contribution >= 0.6 is 11.6 Å². The molecule has 38 heavy (non-hydrogen) atoms. The minimum atomic E-state index is -0.903. The lowest BCUT2D eigenvalue weighted by atomic mass is 9.95. The van der Waals surface area contributed by atoms with Crippen molar-refractivity contribution in [2.75, 3.05) is 13.2 Å². The molecule has 1 aliphatic rings. The molecule has 1 heterocycles. The maximum absolute atomic E-state index is 13.3. The van der Waals surface area contributed by atoms with E-state index >= 15 is 0 Å². The lowest BCUT2D eigenvalue weighted by Gasteiger charge is -2.25. The van der Waals surface area contributed by atoms with Crippen LogP contribution in [0.3, 0.4) is 0 Å². The Labute approximate surface area is 226 Å². The number of hydrogen-bond acceptors (Lipinski definition) is 6. The topological polar surface area (TPSA) is 96.3 Å². The van der Waals surface area contributed by atoms with Gasteiger partial charge in [0.25, 0.3) is 11.7 Å². The van der Waals surface area contributed by atoms with Crippen molar-refractivity contribution in [1.29, 1.82) is 0 Å². The van der Waals surface area contributed by atoms with Crippen molar-refractivity contribution in [3.8, 4) is 17.2 Å². The number of Topliss-reactive ketones (excluding diaryl/α,β-unsaturated/α-hetero) is 1. The Morgan fingerprint density at radius 2 is 1.63 bits per heavy atom. The molecule has 1 amide bonds. The second-order valence-electron chi connectivity index (χ2n) is 9.44. The highest BCUT2D eigenvalue weighted by Gasteiger charge is 2.46. The van der Waals surface area contributed by atoms with Crippen molar-refractivity contribution < 1.29 is 29.3 Å². The normalized spacial score (nSPS) is 16.8. The molecule has 4 rings (SSSR count). The van der Waals surface area contributed by atoms with Crippen LogP contribution in [0.4, 0.5) is 0 Å². The minimum Gasteiger partial charge on any atom is -0.508 e. The van der Waals surface area contributed by atoms with Gasteiger partial charge in [-0.05, 0) is 66.4 Å². The van der Waals surface area contributed by atoms with Crippen molar-refractivity contribution >= 4 is 29.1 Å². The molecule has 3 aromatic rings. The Morgan fingerprint density at radius 1 is 0.974 bits per heavy atom. The highest BCUT2D eigenvalue weighted by molar-refractivity contribution is 6.47. The molecule has 0 aliphatic carbocycles. The fourth-order valence-electron chi connectivity index (χ4n) is 4.28. The van der Waals surface area contributed by atoms with Crippen LogP contribution < -0.4 is 9.47 Å². The second-order valence-corrected chi connectivity index (χ2v) is 9.85. The number of likely N-dealkylation sites (tertiary alicyclic amines) is 1. The lowest BCUT2D eigenvalue weighted by molar-refractivity contribution is -0.140. The highest BCUT2D eigenvalue weighted by Crippen LogP contribution is 2.42. The van der Waals surface area contributed by atoms with Gasteiger partial charge in [-0.3, -0.25) is 9.59 Å².